The number of hydrogen-bond donors (Lipinski definition) is 0. The van der Waals surface area contributed by atoms with Crippen LogP contribution >= 0.6 is 23.2 Å². The van der Waals surface area contributed by atoms with Crippen molar-refractivity contribution < 1.29 is 4.74 Å². The van der Waals surface area contributed by atoms with Crippen LogP contribution in [-0.2, 0) is 0 Å². The Morgan fingerprint density at radius 3 is 2.10 bits per heavy atom. The molecule has 0 heterocycles. The molecular weight excluding hydrogens is 291 g/mol. The van der Waals surface area contributed by atoms with Gasteiger partial charge in [-0.15, -0.1) is 11.6 Å². The Balaban J connectivity index is 2.49. The molecule has 2 rings (SSSR count). The summed E-state index contributed by atoms with van der Waals surface area (Å²) in [4.78, 5) is 0. The zero-order chi connectivity index (χ0) is 14.4. The largest absolute Gasteiger partial charge is 0.497 e. The Kier molecular flexibility index (Phi) is 5.51. The number of methoxy groups -OCH3 is 1. The van der Waals surface area contributed by atoms with Gasteiger partial charge in [0.2, 0.25) is 0 Å². The molecule has 0 saturated carbocycles. The van der Waals surface area contributed by atoms with E-state index in [2.05, 4.69) is 12.1 Å². The van der Waals surface area contributed by atoms with Crippen LogP contribution in [0.2, 0.25) is 0 Å². The standard InChI is InChI=1S/C17H16Cl2O/c1-20-15-9-7-14(8-10-15)17(16(19)11-12-18)13-5-3-2-4-6-13/h2-10H,11-12H2,1H3/b17-16-. The predicted octanol–water partition coefficient (Wildman–Crippen LogP) is 5.32. The topological polar surface area (TPSA) is 9.23 Å². The molecule has 0 aliphatic heterocycles. The first kappa shape index (κ1) is 15.0. The van der Waals surface area contributed by atoms with Crippen LogP contribution in [0.3, 0.4) is 0 Å². The molecular formula is C17H16Cl2O. The Bertz CT molecular complexity index is 574. The molecule has 2 aromatic carbocycles. The van der Waals surface area contributed by atoms with Gasteiger partial charge in [-0.3, -0.25) is 0 Å². The molecule has 0 fully saturated rings. The number of allylic oxidation sites excluding steroid dienone is 1. The number of hydrogen-bond acceptors (Lipinski definition) is 1. The van der Waals surface area contributed by atoms with Crippen LogP contribution < -0.4 is 4.74 Å². The molecule has 0 unspecified atom stereocenters. The predicted molar refractivity (Wildman–Crippen MR) is 86.6 cm³/mol. The van der Waals surface area contributed by atoms with Crippen LogP contribution in [0.1, 0.15) is 17.5 Å². The van der Waals surface area contributed by atoms with E-state index in [1.165, 1.54) is 0 Å². The maximum absolute atomic E-state index is 6.45. The van der Waals surface area contributed by atoms with E-state index in [0.29, 0.717) is 12.3 Å². The minimum Gasteiger partial charge on any atom is -0.497 e. The first-order valence-electron chi connectivity index (χ1n) is 6.40. The summed E-state index contributed by atoms with van der Waals surface area (Å²) in [6, 6.07) is 18.0. The lowest BCUT2D eigenvalue weighted by molar-refractivity contribution is 0.415. The molecule has 1 nitrogen and oxygen atoms in total. The monoisotopic (exact) mass is 306 g/mol. The first-order valence-corrected chi connectivity index (χ1v) is 7.32. The van der Waals surface area contributed by atoms with Gasteiger partial charge in [-0.1, -0.05) is 54.1 Å². The second-order valence-electron chi connectivity index (χ2n) is 4.31. The molecule has 0 aliphatic carbocycles. The van der Waals surface area contributed by atoms with E-state index in [4.69, 9.17) is 27.9 Å². The van der Waals surface area contributed by atoms with Gasteiger partial charge in [0.15, 0.2) is 0 Å². The van der Waals surface area contributed by atoms with Gasteiger partial charge in [0.1, 0.15) is 5.75 Å². The molecule has 0 saturated heterocycles. The van der Waals surface area contributed by atoms with E-state index in [0.717, 1.165) is 27.5 Å². The van der Waals surface area contributed by atoms with Gasteiger partial charge < -0.3 is 4.74 Å². The molecule has 104 valence electrons. The fourth-order valence-corrected chi connectivity index (χ4v) is 2.65. The van der Waals surface area contributed by atoms with E-state index in [1.807, 2.05) is 42.5 Å². The number of benzene rings is 2. The normalized spacial score (nSPS) is 11.9. The van der Waals surface area contributed by atoms with Crippen molar-refractivity contribution in [1.82, 2.24) is 0 Å². The third kappa shape index (κ3) is 3.56. The lowest BCUT2D eigenvalue weighted by atomic mass is 9.97. The van der Waals surface area contributed by atoms with Crippen LogP contribution in [0.4, 0.5) is 0 Å². The quantitative estimate of drug-likeness (QED) is 0.679. The van der Waals surface area contributed by atoms with E-state index >= 15 is 0 Å². The van der Waals surface area contributed by atoms with Gasteiger partial charge in [0.05, 0.1) is 7.11 Å². The zero-order valence-corrected chi connectivity index (χ0v) is 12.8. The van der Waals surface area contributed by atoms with Crippen molar-refractivity contribution in [2.45, 2.75) is 6.42 Å². The fraction of sp³-hybridized carbons (Fsp3) is 0.176. The molecule has 0 radical (unpaired) electrons. The summed E-state index contributed by atoms with van der Waals surface area (Å²) in [6.07, 6.45) is 0.652. The zero-order valence-electron chi connectivity index (χ0n) is 11.3. The SMILES string of the molecule is COc1ccc(/C(=C(\Cl)CCCl)c2ccccc2)cc1. The maximum Gasteiger partial charge on any atom is 0.118 e. The molecule has 0 atom stereocenters. The lowest BCUT2D eigenvalue weighted by Gasteiger charge is -2.12. The van der Waals surface area contributed by atoms with Crippen LogP contribution in [0.5, 0.6) is 5.75 Å². The molecule has 3 heteroatoms. The minimum atomic E-state index is 0.505. The van der Waals surface area contributed by atoms with E-state index in [9.17, 15) is 0 Å². The highest BCUT2D eigenvalue weighted by Crippen LogP contribution is 2.31. The molecule has 0 bridgehead atoms. The van der Waals surface area contributed by atoms with Crippen molar-refractivity contribution in [3.8, 4) is 5.75 Å². The van der Waals surface area contributed by atoms with Crippen LogP contribution in [0, 0.1) is 0 Å². The van der Waals surface area contributed by atoms with Crippen LogP contribution in [-0.4, -0.2) is 13.0 Å². The Hall–Kier alpha value is -1.44. The molecule has 20 heavy (non-hydrogen) atoms. The van der Waals surface area contributed by atoms with Gasteiger partial charge in [-0.25, -0.2) is 0 Å². The van der Waals surface area contributed by atoms with Crippen LogP contribution in [0.15, 0.2) is 59.6 Å². The van der Waals surface area contributed by atoms with Crippen LogP contribution in [0.25, 0.3) is 5.57 Å². The first-order chi connectivity index (χ1) is 9.76. The van der Waals surface area contributed by atoms with Crippen molar-refractivity contribution in [2.75, 3.05) is 13.0 Å². The van der Waals surface area contributed by atoms with Crippen molar-refractivity contribution in [3.05, 3.63) is 70.8 Å². The second-order valence-corrected chi connectivity index (χ2v) is 5.15. The smallest absolute Gasteiger partial charge is 0.118 e. The third-order valence-electron chi connectivity index (χ3n) is 3.03. The van der Waals surface area contributed by atoms with Gasteiger partial charge >= 0.3 is 0 Å². The Morgan fingerprint density at radius 2 is 1.55 bits per heavy atom. The van der Waals surface area contributed by atoms with Gasteiger partial charge in [-0.05, 0) is 29.7 Å². The highest BCUT2D eigenvalue weighted by molar-refractivity contribution is 6.34. The van der Waals surface area contributed by atoms with Crippen molar-refractivity contribution in [2.24, 2.45) is 0 Å². The fourth-order valence-electron chi connectivity index (χ4n) is 2.05. The molecule has 0 aliphatic rings. The summed E-state index contributed by atoms with van der Waals surface area (Å²) < 4.78 is 5.19. The average molecular weight is 307 g/mol. The van der Waals surface area contributed by atoms with E-state index in [-0.39, 0.29) is 0 Å². The summed E-state index contributed by atoms with van der Waals surface area (Å²) in [7, 11) is 1.66. The van der Waals surface area contributed by atoms with Gasteiger partial charge in [-0.2, -0.15) is 0 Å². The van der Waals surface area contributed by atoms with Gasteiger partial charge in [0.25, 0.3) is 0 Å². The summed E-state index contributed by atoms with van der Waals surface area (Å²) in [6.45, 7) is 0. The summed E-state index contributed by atoms with van der Waals surface area (Å²) in [5, 5.41) is 0.774. The number of halogens is 2. The molecule has 0 N–H and O–H groups in total. The average Bonchev–Trinajstić information content (AvgIpc) is 2.50. The highest BCUT2D eigenvalue weighted by atomic mass is 35.5. The van der Waals surface area contributed by atoms with E-state index < -0.39 is 0 Å². The number of alkyl halides is 1. The van der Waals surface area contributed by atoms with Gasteiger partial charge in [0, 0.05) is 16.5 Å². The maximum atomic E-state index is 6.45. The van der Waals surface area contributed by atoms with Crippen molar-refractivity contribution >= 4 is 28.8 Å². The molecule has 0 spiro atoms. The molecule has 2 aromatic rings. The van der Waals surface area contributed by atoms with Crippen molar-refractivity contribution in [1.29, 1.82) is 0 Å². The second kappa shape index (κ2) is 7.37. The number of rotatable bonds is 5. The summed E-state index contributed by atoms with van der Waals surface area (Å²) >= 11 is 12.3. The highest BCUT2D eigenvalue weighted by Gasteiger charge is 2.10. The van der Waals surface area contributed by atoms with Crippen molar-refractivity contribution in [3.63, 3.8) is 0 Å². The van der Waals surface area contributed by atoms with E-state index in [1.54, 1.807) is 7.11 Å². The Labute approximate surface area is 129 Å². The third-order valence-corrected chi connectivity index (χ3v) is 3.59. The Morgan fingerprint density at radius 1 is 0.950 bits per heavy atom. The minimum absolute atomic E-state index is 0.505. The molecule has 0 amide bonds. The number of ether oxygens (including phenoxy) is 1. The lowest BCUT2D eigenvalue weighted by Crippen LogP contribution is -1.93. The molecule has 0 aromatic heterocycles. The summed E-state index contributed by atoms with van der Waals surface area (Å²) in [5.74, 6) is 1.33. The summed E-state index contributed by atoms with van der Waals surface area (Å²) in [5.41, 5.74) is 3.18.